The minimum Gasteiger partial charge on any atom is -0.337 e. The molecule has 0 amide bonds. The Hall–Kier alpha value is -3.45. The molecule has 0 bridgehead atoms. The summed E-state index contributed by atoms with van der Waals surface area (Å²) < 4.78 is 27.9. The molecule has 0 spiro atoms. The van der Waals surface area contributed by atoms with E-state index in [1.54, 1.807) is 24.5 Å². The SMILES string of the molecule is CCC(CC)S(=O)(=O)Nc1ccc(-c2[nH]c(-c3ccccc3)nc2-c2ccncc2)cc1. The second kappa shape index (κ2) is 9.36. The van der Waals surface area contributed by atoms with Crippen molar-refractivity contribution in [2.75, 3.05) is 4.72 Å². The molecule has 2 aromatic carbocycles. The molecule has 164 valence electrons. The highest BCUT2D eigenvalue weighted by Crippen LogP contribution is 2.33. The van der Waals surface area contributed by atoms with Crippen LogP contribution in [0.1, 0.15) is 26.7 Å². The topological polar surface area (TPSA) is 87.7 Å². The molecule has 0 saturated carbocycles. The molecule has 0 aliphatic carbocycles. The van der Waals surface area contributed by atoms with Crippen LogP contribution >= 0.6 is 0 Å². The molecule has 4 aromatic rings. The third-order valence-corrected chi connectivity index (χ3v) is 7.55. The number of hydrogen-bond donors (Lipinski definition) is 2. The van der Waals surface area contributed by atoms with Crippen molar-refractivity contribution in [2.45, 2.75) is 31.9 Å². The summed E-state index contributed by atoms with van der Waals surface area (Å²) in [5.74, 6) is 0.769. The average molecular weight is 447 g/mol. The van der Waals surface area contributed by atoms with Crippen molar-refractivity contribution in [3.05, 3.63) is 79.1 Å². The average Bonchev–Trinajstić information content (AvgIpc) is 3.27. The number of sulfonamides is 1. The fraction of sp³-hybridized carbons (Fsp3) is 0.200. The van der Waals surface area contributed by atoms with Crippen molar-refractivity contribution in [1.82, 2.24) is 15.0 Å². The van der Waals surface area contributed by atoms with Crippen LogP contribution in [0.15, 0.2) is 79.1 Å². The van der Waals surface area contributed by atoms with Crippen LogP contribution in [0, 0.1) is 0 Å². The lowest BCUT2D eigenvalue weighted by Gasteiger charge is -2.15. The maximum absolute atomic E-state index is 12.6. The Morgan fingerprint density at radius 3 is 2.12 bits per heavy atom. The van der Waals surface area contributed by atoms with Gasteiger partial charge in [-0.2, -0.15) is 0 Å². The number of anilines is 1. The molecular formula is C25H26N4O2S. The van der Waals surface area contributed by atoms with Gasteiger partial charge in [-0.15, -0.1) is 0 Å². The lowest BCUT2D eigenvalue weighted by Crippen LogP contribution is -2.26. The van der Waals surface area contributed by atoms with E-state index in [1.807, 2.05) is 68.4 Å². The largest absolute Gasteiger partial charge is 0.337 e. The fourth-order valence-electron chi connectivity index (χ4n) is 3.71. The van der Waals surface area contributed by atoms with Crippen LogP contribution in [0.2, 0.25) is 0 Å². The zero-order valence-electron chi connectivity index (χ0n) is 18.1. The molecule has 32 heavy (non-hydrogen) atoms. The van der Waals surface area contributed by atoms with Gasteiger partial charge in [-0.05, 0) is 37.1 Å². The molecular weight excluding hydrogens is 420 g/mol. The van der Waals surface area contributed by atoms with Crippen LogP contribution < -0.4 is 4.72 Å². The predicted octanol–water partition coefficient (Wildman–Crippen LogP) is 5.74. The van der Waals surface area contributed by atoms with Crippen LogP contribution in [-0.4, -0.2) is 28.6 Å². The van der Waals surface area contributed by atoms with Gasteiger partial charge in [0.15, 0.2) is 0 Å². The standard InChI is InChI=1S/C25H26N4O2S/c1-3-22(4-2)32(30,31)29-21-12-10-18(11-13-21)23-24(19-14-16-26-17-15-19)28-25(27-23)20-8-6-5-7-9-20/h5-17,22,29H,3-4H2,1-2H3,(H,27,28). The molecule has 7 heteroatoms. The number of aromatic nitrogens is 3. The lowest BCUT2D eigenvalue weighted by atomic mass is 10.1. The van der Waals surface area contributed by atoms with E-state index in [0.29, 0.717) is 18.5 Å². The summed E-state index contributed by atoms with van der Waals surface area (Å²) in [5, 5.41) is -0.401. The number of nitrogens with zero attached hydrogens (tertiary/aromatic N) is 2. The predicted molar refractivity (Wildman–Crippen MR) is 130 cm³/mol. The van der Waals surface area contributed by atoms with E-state index in [-0.39, 0.29) is 0 Å². The first-order valence-corrected chi connectivity index (χ1v) is 12.2. The monoisotopic (exact) mass is 446 g/mol. The molecule has 0 unspecified atom stereocenters. The van der Waals surface area contributed by atoms with Gasteiger partial charge < -0.3 is 4.98 Å². The number of imidazole rings is 1. The number of aromatic amines is 1. The van der Waals surface area contributed by atoms with Crippen molar-refractivity contribution in [1.29, 1.82) is 0 Å². The minimum absolute atomic E-state index is 0.401. The van der Waals surface area contributed by atoms with Crippen LogP contribution in [0.4, 0.5) is 5.69 Å². The van der Waals surface area contributed by atoms with E-state index in [1.165, 1.54) is 0 Å². The first kappa shape index (κ1) is 21.8. The van der Waals surface area contributed by atoms with Crippen LogP contribution in [-0.2, 0) is 10.0 Å². The molecule has 2 heterocycles. The summed E-state index contributed by atoms with van der Waals surface area (Å²) >= 11 is 0. The molecule has 2 aromatic heterocycles. The van der Waals surface area contributed by atoms with Crippen molar-refractivity contribution in [2.24, 2.45) is 0 Å². The quantitative estimate of drug-likeness (QED) is 0.361. The lowest BCUT2D eigenvalue weighted by molar-refractivity contribution is 0.577. The van der Waals surface area contributed by atoms with Gasteiger partial charge in [0.05, 0.1) is 16.6 Å². The maximum Gasteiger partial charge on any atom is 0.235 e. The van der Waals surface area contributed by atoms with E-state index in [9.17, 15) is 8.42 Å². The van der Waals surface area contributed by atoms with E-state index in [0.717, 1.165) is 33.9 Å². The second-order valence-corrected chi connectivity index (χ2v) is 9.53. The molecule has 0 radical (unpaired) electrons. The van der Waals surface area contributed by atoms with E-state index < -0.39 is 15.3 Å². The molecule has 2 N–H and O–H groups in total. The molecule has 0 atom stereocenters. The van der Waals surface area contributed by atoms with E-state index in [2.05, 4.69) is 14.7 Å². The number of benzene rings is 2. The third-order valence-electron chi connectivity index (χ3n) is 5.49. The Morgan fingerprint density at radius 1 is 0.844 bits per heavy atom. The summed E-state index contributed by atoms with van der Waals surface area (Å²) in [7, 11) is -3.41. The molecule has 0 saturated heterocycles. The first-order chi connectivity index (χ1) is 15.5. The summed E-state index contributed by atoms with van der Waals surface area (Å²) in [6.07, 6.45) is 4.64. The third kappa shape index (κ3) is 4.57. The van der Waals surface area contributed by atoms with Gasteiger partial charge in [0.25, 0.3) is 0 Å². The molecule has 6 nitrogen and oxygen atoms in total. The summed E-state index contributed by atoms with van der Waals surface area (Å²) in [4.78, 5) is 12.4. The fourth-order valence-corrected chi connectivity index (χ4v) is 5.22. The number of nitrogens with one attached hydrogen (secondary N) is 2. The normalized spacial score (nSPS) is 11.6. The second-order valence-electron chi connectivity index (χ2n) is 7.57. The highest BCUT2D eigenvalue weighted by Gasteiger charge is 2.22. The Balaban J connectivity index is 1.71. The van der Waals surface area contributed by atoms with Gasteiger partial charge in [0.1, 0.15) is 5.82 Å². The number of H-pyrrole nitrogens is 1. The van der Waals surface area contributed by atoms with Crippen LogP contribution in [0.25, 0.3) is 33.9 Å². The van der Waals surface area contributed by atoms with Gasteiger partial charge in [0.2, 0.25) is 10.0 Å². The highest BCUT2D eigenvalue weighted by molar-refractivity contribution is 7.93. The molecule has 4 rings (SSSR count). The highest BCUT2D eigenvalue weighted by atomic mass is 32.2. The maximum atomic E-state index is 12.6. The van der Waals surface area contributed by atoms with E-state index in [4.69, 9.17) is 4.98 Å². The zero-order valence-corrected chi connectivity index (χ0v) is 18.9. The Morgan fingerprint density at radius 2 is 1.50 bits per heavy atom. The Kier molecular flexibility index (Phi) is 6.37. The van der Waals surface area contributed by atoms with Crippen molar-refractivity contribution in [3.63, 3.8) is 0 Å². The smallest absolute Gasteiger partial charge is 0.235 e. The van der Waals surface area contributed by atoms with Crippen molar-refractivity contribution >= 4 is 15.7 Å². The van der Waals surface area contributed by atoms with Gasteiger partial charge in [0, 0.05) is 34.8 Å². The number of rotatable bonds is 8. The van der Waals surface area contributed by atoms with Gasteiger partial charge in [-0.3, -0.25) is 9.71 Å². The Labute approximate surface area is 188 Å². The number of hydrogen-bond acceptors (Lipinski definition) is 4. The van der Waals surface area contributed by atoms with E-state index >= 15 is 0 Å². The van der Waals surface area contributed by atoms with Crippen molar-refractivity contribution < 1.29 is 8.42 Å². The van der Waals surface area contributed by atoms with Crippen LogP contribution in [0.3, 0.4) is 0 Å². The van der Waals surface area contributed by atoms with Crippen LogP contribution in [0.5, 0.6) is 0 Å². The summed E-state index contributed by atoms with van der Waals surface area (Å²) in [6.45, 7) is 3.78. The van der Waals surface area contributed by atoms with Gasteiger partial charge in [-0.25, -0.2) is 13.4 Å². The number of pyridine rings is 1. The summed E-state index contributed by atoms with van der Waals surface area (Å²) in [6, 6.07) is 21.2. The Bertz CT molecular complexity index is 1260. The van der Waals surface area contributed by atoms with Gasteiger partial charge in [-0.1, -0.05) is 56.3 Å². The molecule has 0 fully saturated rings. The molecule has 0 aliphatic rings. The minimum atomic E-state index is -3.41. The van der Waals surface area contributed by atoms with Crippen molar-refractivity contribution in [3.8, 4) is 33.9 Å². The summed E-state index contributed by atoms with van der Waals surface area (Å²) in [5.41, 5.74) is 5.09. The van der Waals surface area contributed by atoms with Gasteiger partial charge >= 0.3 is 0 Å². The molecule has 0 aliphatic heterocycles. The zero-order chi connectivity index (χ0) is 22.6. The first-order valence-electron chi connectivity index (χ1n) is 10.7.